The molecule has 1 aliphatic carbocycles. The summed E-state index contributed by atoms with van der Waals surface area (Å²) < 4.78 is 7.93. The number of nitrogens with one attached hydrogen (secondary N) is 1. The fraction of sp³-hybridized carbons (Fsp3) is 0.323. The van der Waals surface area contributed by atoms with Crippen molar-refractivity contribution in [1.29, 1.82) is 0 Å². The highest BCUT2D eigenvalue weighted by molar-refractivity contribution is 7.19. The molecule has 1 fully saturated rings. The Morgan fingerprint density at radius 2 is 1.59 bits per heavy atom. The zero-order chi connectivity index (χ0) is 27.9. The van der Waals surface area contributed by atoms with Crippen molar-refractivity contribution in [2.45, 2.75) is 58.5 Å². The normalized spacial score (nSPS) is 17.3. The standard InChI is InChI=1S/C31H32N2O4SSi/c1-6-13-25-20(2)26-27(38-25)32-30(36)33(28(26)34)22-18-21(19-22)29(35)37-39(31(3,4)5,23-14-9-7-10-15-23)24-16-11-8-12-17-24/h7-12,14-17,21-22H,18-19H2,1-5H3,(H,32,36). The molecule has 2 aromatic carbocycles. The number of nitrogens with zero attached hydrogens (tertiary/aromatic N) is 1. The Morgan fingerprint density at radius 3 is 2.10 bits per heavy atom. The lowest BCUT2D eigenvalue weighted by molar-refractivity contribution is -0.144. The van der Waals surface area contributed by atoms with E-state index in [1.54, 1.807) is 6.92 Å². The number of carbonyl (C=O) groups is 1. The molecule has 200 valence electrons. The van der Waals surface area contributed by atoms with E-state index in [-0.39, 0.29) is 28.5 Å². The van der Waals surface area contributed by atoms with E-state index < -0.39 is 14.0 Å². The predicted molar refractivity (Wildman–Crippen MR) is 159 cm³/mol. The third-order valence-electron chi connectivity index (χ3n) is 7.74. The Hall–Kier alpha value is -3.67. The van der Waals surface area contributed by atoms with E-state index >= 15 is 0 Å². The Morgan fingerprint density at radius 1 is 1.03 bits per heavy atom. The highest BCUT2D eigenvalue weighted by Gasteiger charge is 2.54. The summed E-state index contributed by atoms with van der Waals surface area (Å²) in [4.78, 5) is 44.3. The zero-order valence-corrected chi connectivity index (χ0v) is 24.6. The van der Waals surface area contributed by atoms with E-state index in [0.717, 1.165) is 20.8 Å². The van der Waals surface area contributed by atoms with E-state index in [2.05, 4.69) is 61.9 Å². The first-order valence-corrected chi connectivity index (χ1v) is 15.9. The largest absolute Gasteiger partial charge is 0.509 e. The molecule has 2 heterocycles. The molecule has 0 atom stereocenters. The first-order valence-electron chi connectivity index (χ1n) is 13.1. The molecule has 0 aliphatic heterocycles. The second-order valence-corrected chi connectivity index (χ2v) is 16.4. The van der Waals surface area contributed by atoms with Gasteiger partial charge < -0.3 is 4.43 Å². The molecule has 1 aliphatic rings. The van der Waals surface area contributed by atoms with Crippen LogP contribution in [0.3, 0.4) is 0 Å². The second-order valence-electron chi connectivity index (χ2n) is 11.1. The molecule has 6 nitrogen and oxygen atoms in total. The summed E-state index contributed by atoms with van der Waals surface area (Å²) >= 11 is 1.32. The van der Waals surface area contributed by atoms with Crippen LogP contribution in [0, 0.1) is 24.7 Å². The summed E-state index contributed by atoms with van der Waals surface area (Å²) in [6, 6.07) is 19.7. The number of aryl methyl sites for hydroxylation is 1. The Bertz CT molecular complexity index is 1670. The van der Waals surface area contributed by atoms with Crippen LogP contribution in [-0.2, 0) is 9.22 Å². The van der Waals surface area contributed by atoms with Crippen molar-refractivity contribution in [1.82, 2.24) is 9.55 Å². The highest BCUT2D eigenvalue weighted by atomic mass is 32.1. The Kier molecular flexibility index (Phi) is 7.00. The number of rotatable bonds is 5. The van der Waals surface area contributed by atoms with Gasteiger partial charge in [-0.3, -0.25) is 19.1 Å². The smallest absolute Gasteiger partial charge is 0.329 e. The summed E-state index contributed by atoms with van der Waals surface area (Å²) in [5.41, 5.74) is 0.00494. The van der Waals surface area contributed by atoms with Crippen molar-refractivity contribution in [3.05, 3.63) is 91.9 Å². The summed E-state index contributed by atoms with van der Waals surface area (Å²) in [5.74, 6) is 5.22. The van der Waals surface area contributed by atoms with Crippen LogP contribution < -0.4 is 21.6 Å². The molecular formula is C31H32N2O4SSi. The lowest BCUT2D eigenvalue weighted by Gasteiger charge is -2.44. The summed E-state index contributed by atoms with van der Waals surface area (Å²) in [7, 11) is -3.03. The summed E-state index contributed by atoms with van der Waals surface area (Å²) in [5, 5.41) is 2.23. The quantitative estimate of drug-likeness (QED) is 0.290. The van der Waals surface area contributed by atoms with Crippen LogP contribution in [0.2, 0.25) is 5.04 Å². The number of carbonyl (C=O) groups excluding carboxylic acids is 1. The molecule has 0 unspecified atom stereocenters. The van der Waals surface area contributed by atoms with Gasteiger partial charge >= 0.3 is 14.0 Å². The van der Waals surface area contributed by atoms with Crippen molar-refractivity contribution in [3.8, 4) is 11.8 Å². The molecular weight excluding hydrogens is 525 g/mol. The van der Waals surface area contributed by atoms with Gasteiger partial charge in [-0.15, -0.1) is 17.3 Å². The SMILES string of the molecule is CC#Cc1sc2[nH]c(=O)n(C3CC(C(=O)O[Si](c4ccccc4)(c4ccccc4)C(C)(C)C)C3)c(=O)c2c1C. The topological polar surface area (TPSA) is 81.2 Å². The third-order valence-corrected chi connectivity index (χ3v) is 13.8. The molecule has 2 aromatic heterocycles. The summed E-state index contributed by atoms with van der Waals surface area (Å²) in [6.07, 6.45) is 0.771. The molecule has 1 N–H and O–H groups in total. The number of benzene rings is 2. The molecule has 0 saturated heterocycles. The van der Waals surface area contributed by atoms with Gasteiger partial charge in [0.2, 0.25) is 0 Å². The van der Waals surface area contributed by atoms with E-state index in [1.165, 1.54) is 15.9 Å². The number of H-pyrrole nitrogens is 1. The van der Waals surface area contributed by atoms with Crippen LogP contribution in [0.1, 0.15) is 57.0 Å². The van der Waals surface area contributed by atoms with Crippen molar-refractivity contribution in [2.75, 3.05) is 0 Å². The maximum atomic E-state index is 13.7. The molecule has 8 heteroatoms. The van der Waals surface area contributed by atoms with Gasteiger partial charge in [0.15, 0.2) is 0 Å². The van der Waals surface area contributed by atoms with Gasteiger partial charge in [-0.05, 0) is 47.7 Å². The molecule has 0 radical (unpaired) electrons. The lowest BCUT2D eigenvalue weighted by Crippen LogP contribution is -2.68. The molecule has 0 spiro atoms. The van der Waals surface area contributed by atoms with Crippen molar-refractivity contribution in [2.24, 2.45) is 5.92 Å². The first kappa shape index (κ1) is 26.9. The molecule has 0 amide bonds. The van der Waals surface area contributed by atoms with Gasteiger partial charge in [-0.2, -0.15) is 0 Å². The maximum Gasteiger partial charge on any atom is 0.329 e. The van der Waals surface area contributed by atoms with E-state index in [9.17, 15) is 14.4 Å². The van der Waals surface area contributed by atoms with Crippen LogP contribution in [0.15, 0.2) is 70.3 Å². The fourth-order valence-corrected chi connectivity index (χ4v) is 11.2. The van der Waals surface area contributed by atoms with Crippen molar-refractivity contribution in [3.63, 3.8) is 0 Å². The molecule has 39 heavy (non-hydrogen) atoms. The van der Waals surface area contributed by atoms with Crippen LogP contribution in [-0.4, -0.2) is 23.8 Å². The van der Waals surface area contributed by atoms with Gasteiger partial charge in [0.05, 0.1) is 16.2 Å². The van der Waals surface area contributed by atoms with Crippen LogP contribution in [0.4, 0.5) is 0 Å². The second kappa shape index (κ2) is 10.1. The minimum absolute atomic E-state index is 0.265. The zero-order valence-electron chi connectivity index (χ0n) is 22.8. The first-order chi connectivity index (χ1) is 18.6. The van der Waals surface area contributed by atoms with Crippen molar-refractivity contribution >= 4 is 46.2 Å². The third kappa shape index (κ3) is 4.50. The number of fused-ring (bicyclic) bond motifs is 1. The van der Waals surface area contributed by atoms with Crippen LogP contribution in [0.25, 0.3) is 10.2 Å². The Balaban J connectivity index is 1.46. The van der Waals surface area contributed by atoms with Gasteiger partial charge in [0, 0.05) is 6.04 Å². The average molecular weight is 557 g/mol. The molecule has 1 saturated carbocycles. The maximum absolute atomic E-state index is 13.7. The highest BCUT2D eigenvalue weighted by Crippen LogP contribution is 2.41. The molecule has 4 aromatic rings. The van der Waals surface area contributed by atoms with Crippen LogP contribution >= 0.6 is 11.3 Å². The van der Waals surface area contributed by atoms with Gasteiger partial charge in [-0.25, -0.2) is 4.79 Å². The number of aromatic nitrogens is 2. The summed E-state index contributed by atoms with van der Waals surface area (Å²) in [6.45, 7) is 9.99. The number of thiophene rings is 1. The van der Waals surface area contributed by atoms with Gasteiger partial charge in [-0.1, -0.05) is 87.4 Å². The molecule has 5 rings (SSSR count). The van der Waals surface area contributed by atoms with Gasteiger partial charge in [0.1, 0.15) is 4.83 Å². The van der Waals surface area contributed by atoms with Crippen LogP contribution in [0.5, 0.6) is 0 Å². The minimum Gasteiger partial charge on any atom is -0.509 e. The van der Waals surface area contributed by atoms with Crippen molar-refractivity contribution < 1.29 is 9.22 Å². The number of hydrogen-bond acceptors (Lipinski definition) is 5. The minimum atomic E-state index is -3.03. The van der Waals surface area contributed by atoms with E-state index in [0.29, 0.717) is 23.1 Å². The Labute approximate surface area is 232 Å². The predicted octanol–water partition coefficient (Wildman–Crippen LogP) is 4.49. The fourth-order valence-electron chi connectivity index (χ4n) is 5.67. The van der Waals surface area contributed by atoms with E-state index in [4.69, 9.17) is 4.43 Å². The van der Waals surface area contributed by atoms with Gasteiger partial charge in [0.25, 0.3) is 11.5 Å². The number of hydrogen-bond donors (Lipinski definition) is 1. The average Bonchev–Trinajstić information content (AvgIpc) is 3.18. The molecule has 0 bridgehead atoms. The monoisotopic (exact) mass is 556 g/mol. The number of aromatic amines is 1. The van der Waals surface area contributed by atoms with E-state index in [1.807, 2.05) is 43.3 Å². The lowest BCUT2D eigenvalue weighted by atomic mass is 9.80.